The maximum atomic E-state index is 11.4. The van der Waals surface area contributed by atoms with Crippen LogP contribution in [0.3, 0.4) is 0 Å². The summed E-state index contributed by atoms with van der Waals surface area (Å²) in [6.07, 6.45) is 4.86. The molecule has 0 bridgehead atoms. The van der Waals surface area contributed by atoms with Gasteiger partial charge in [0.15, 0.2) is 6.61 Å². The Labute approximate surface area is 244 Å². The van der Waals surface area contributed by atoms with E-state index in [1.807, 2.05) is 30.3 Å². The van der Waals surface area contributed by atoms with Gasteiger partial charge in [-0.2, -0.15) is 0 Å². The van der Waals surface area contributed by atoms with Crippen LogP contribution in [0, 0.1) is 0 Å². The van der Waals surface area contributed by atoms with E-state index in [0.29, 0.717) is 23.4 Å². The number of hydrogen-bond acceptors (Lipinski definition) is 8. The van der Waals surface area contributed by atoms with E-state index in [-0.39, 0.29) is 12.7 Å². The SMILES string of the molecule is COc1ccc([C@@H]2C/C(=N/OCc3cn(-c4ccc(C(N)=O)cc4)nn3)c3cc(CC=C(C)C)c(OC)cc3O2)cc1. The fourth-order valence-corrected chi connectivity index (χ4v) is 4.61. The van der Waals surface area contributed by atoms with Crippen LogP contribution in [0.25, 0.3) is 5.69 Å². The van der Waals surface area contributed by atoms with Gasteiger partial charge in [0.2, 0.25) is 5.91 Å². The van der Waals surface area contributed by atoms with E-state index in [4.69, 9.17) is 24.8 Å². The largest absolute Gasteiger partial charge is 0.497 e. The molecule has 2 heterocycles. The molecule has 42 heavy (non-hydrogen) atoms. The predicted octanol–water partition coefficient (Wildman–Crippen LogP) is 5.34. The van der Waals surface area contributed by atoms with E-state index in [2.05, 4.69) is 41.5 Å². The van der Waals surface area contributed by atoms with Crippen molar-refractivity contribution in [3.8, 4) is 22.9 Å². The minimum Gasteiger partial charge on any atom is -0.497 e. The highest BCUT2D eigenvalue weighted by atomic mass is 16.6. The van der Waals surface area contributed by atoms with Gasteiger partial charge in [0, 0.05) is 23.6 Å². The van der Waals surface area contributed by atoms with Crippen molar-refractivity contribution in [3.05, 3.63) is 106 Å². The molecule has 10 nitrogen and oxygen atoms in total. The molecule has 0 saturated heterocycles. The molecule has 2 N–H and O–H groups in total. The van der Waals surface area contributed by atoms with E-state index >= 15 is 0 Å². The van der Waals surface area contributed by atoms with Gasteiger partial charge >= 0.3 is 0 Å². The second kappa shape index (κ2) is 12.6. The van der Waals surface area contributed by atoms with Gasteiger partial charge in [-0.15, -0.1) is 5.10 Å². The number of fused-ring (bicyclic) bond motifs is 1. The van der Waals surface area contributed by atoms with Crippen LogP contribution in [0.15, 0.2) is 83.7 Å². The molecule has 0 saturated carbocycles. The Hall–Kier alpha value is -5.12. The molecular weight excluding hydrogens is 534 g/mol. The van der Waals surface area contributed by atoms with E-state index in [1.54, 1.807) is 49.4 Å². The number of amides is 1. The monoisotopic (exact) mass is 567 g/mol. The maximum absolute atomic E-state index is 11.4. The van der Waals surface area contributed by atoms with Gasteiger partial charge in [-0.3, -0.25) is 4.79 Å². The Morgan fingerprint density at radius 3 is 2.52 bits per heavy atom. The highest BCUT2D eigenvalue weighted by Gasteiger charge is 2.29. The Kier molecular flexibility index (Phi) is 8.52. The number of ether oxygens (including phenoxy) is 3. The number of methoxy groups -OCH3 is 2. The number of allylic oxidation sites excluding steroid dienone is 2. The van der Waals surface area contributed by atoms with Crippen LogP contribution in [0.5, 0.6) is 17.2 Å². The molecule has 1 aliphatic rings. The quantitative estimate of drug-likeness (QED) is 0.203. The zero-order chi connectivity index (χ0) is 29.6. The lowest BCUT2D eigenvalue weighted by atomic mass is 9.93. The molecule has 0 radical (unpaired) electrons. The number of hydrogen-bond donors (Lipinski definition) is 1. The van der Waals surface area contributed by atoms with E-state index in [1.165, 1.54) is 5.57 Å². The first-order valence-corrected chi connectivity index (χ1v) is 13.5. The lowest BCUT2D eigenvalue weighted by molar-refractivity contribution is 0.1000. The summed E-state index contributed by atoms with van der Waals surface area (Å²) in [6.45, 7) is 4.26. The van der Waals surface area contributed by atoms with E-state index in [0.717, 1.165) is 46.0 Å². The van der Waals surface area contributed by atoms with Crippen molar-refractivity contribution in [3.63, 3.8) is 0 Å². The highest BCUT2D eigenvalue weighted by Crippen LogP contribution is 2.40. The fourth-order valence-electron chi connectivity index (χ4n) is 4.61. The maximum Gasteiger partial charge on any atom is 0.248 e. The number of primary amides is 1. The number of benzene rings is 3. The predicted molar refractivity (Wildman–Crippen MR) is 158 cm³/mol. The average Bonchev–Trinajstić information content (AvgIpc) is 3.48. The molecule has 1 amide bonds. The van der Waals surface area contributed by atoms with Gasteiger partial charge in [-0.25, -0.2) is 4.68 Å². The van der Waals surface area contributed by atoms with Gasteiger partial charge in [0.1, 0.15) is 29.0 Å². The molecule has 216 valence electrons. The van der Waals surface area contributed by atoms with E-state index < -0.39 is 5.91 Å². The number of oxime groups is 1. The second-order valence-corrected chi connectivity index (χ2v) is 10.1. The topological polar surface area (TPSA) is 123 Å². The lowest BCUT2D eigenvalue weighted by Gasteiger charge is -2.28. The molecule has 10 heteroatoms. The molecule has 0 aliphatic carbocycles. The minimum atomic E-state index is -0.486. The van der Waals surface area contributed by atoms with Crippen molar-refractivity contribution in [1.82, 2.24) is 15.0 Å². The summed E-state index contributed by atoms with van der Waals surface area (Å²) in [4.78, 5) is 17.2. The molecule has 5 rings (SSSR count). The van der Waals surface area contributed by atoms with Crippen molar-refractivity contribution >= 4 is 11.6 Å². The summed E-state index contributed by atoms with van der Waals surface area (Å²) in [5.41, 5.74) is 11.9. The Bertz CT molecular complexity index is 1620. The van der Waals surface area contributed by atoms with Crippen LogP contribution in [-0.4, -0.2) is 40.8 Å². The van der Waals surface area contributed by atoms with Gasteiger partial charge < -0.3 is 24.8 Å². The Morgan fingerprint density at radius 2 is 1.86 bits per heavy atom. The number of carbonyl (C=O) groups excluding carboxylic acids is 1. The summed E-state index contributed by atoms with van der Waals surface area (Å²) >= 11 is 0. The molecule has 0 unspecified atom stereocenters. The lowest BCUT2D eigenvalue weighted by Crippen LogP contribution is -2.22. The van der Waals surface area contributed by atoms with Gasteiger partial charge in [-0.05, 0) is 73.9 Å². The fraction of sp³-hybridized carbons (Fsp3) is 0.250. The van der Waals surface area contributed by atoms with Crippen LogP contribution >= 0.6 is 0 Å². The van der Waals surface area contributed by atoms with Crippen molar-refractivity contribution in [1.29, 1.82) is 0 Å². The summed E-state index contributed by atoms with van der Waals surface area (Å²) in [5, 5.41) is 12.9. The standard InChI is InChI=1S/C32H33N5O5/c1-20(2)5-6-23-15-27-28(16-30(42-31(27)17-29(23)40-4)21-9-13-26(39-3)14-10-21)35-41-19-24-18-37(36-34-24)25-11-7-22(8-12-25)32(33)38/h5,7-15,17-18,30H,6,16,19H2,1-4H3,(H2,33,38)/b35-28-/t30-/m0/s1. The van der Waals surface area contributed by atoms with Crippen molar-refractivity contribution in [2.75, 3.05) is 14.2 Å². The first-order valence-electron chi connectivity index (χ1n) is 13.5. The third-order valence-corrected chi connectivity index (χ3v) is 6.90. The highest BCUT2D eigenvalue weighted by molar-refractivity contribution is 6.04. The number of aromatic nitrogens is 3. The minimum absolute atomic E-state index is 0.118. The molecule has 1 aliphatic heterocycles. The Morgan fingerprint density at radius 1 is 1.10 bits per heavy atom. The molecule has 1 aromatic heterocycles. The second-order valence-electron chi connectivity index (χ2n) is 10.1. The average molecular weight is 568 g/mol. The van der Waals surface area contributed by atoms with Crippen LogP contribution in [0.2, 0.25) is 0 Å². The van der Waals surface area contributed by atoms with Crippen LogP contribution in [0.4, 0.5) is 0 Å². The van der Waals surface area contributed by atoms with E-state index in [9.17, 15) is 4.79 Å². The number of nitrogens with zero attached hydrogens (tertiary/aromatic N) is 4. The smallest absolute Gasteiger partial charge is 0.248 e. The first-order chi connectivity index (χ1) is 20.3. The molecule has 1 atom stereocenters. The summed E-state index contributed by atoms with van der Waals surface area (Å²) in [6, 6.07) is 18.6. The van der Waals surface area contributed by atoms with Crippen molar-refractivity contribution in [2.45, 2.75) is 39.4 Å². The zero-order valence-electron chi connectivity index (χ0n) is 24.0. The van der Waals surface area contributed by atoms with Gasteiger partial charge in [-0.1, -0.05) is 34.2 Å². The summed E-state index contributed by atoms with van der Waals surface area (Å²) in [7, 11) is 3.30. The number of rotatable bonds is 10. The van der Waals surface area contributed by atoms with Crippen LogP contribution in [0.1, 0.15) is 59.1 Å². The van der Waals surface area contributed by atoms with Gasteiger partial charge in [0.05, 0.1) is 31.8 Å². The molecule has 0 fully saturated rings. The van der Waals surface area contributed by atoms with Crippen LogP contribution in [-0.2, 0) is 17.9 Å². The number of nitrogens with two attached hydrogens (primary N) is 1. The molecular formula is C32H33N5O5. The van der Waals surface area contributed by atoms with Crippen LogP contribution < -0.4 is 19.9 Å². The normalized spacial score (nSPS) is 15.0. The van der Waals surface area contributed by atoms with Crippen molar-refractivity contribution < 1.29 is 23.8 Å². The third kappa shape index (κ3) is 6.43. The summed E-state index contributed by atoms with van der Waals surface area (Å²) in [5.74, 6) is 1.71. The third-order valence-electron chi connectivity index (χ3n) is 6.90. The summed E-state index contributed by atoms with van der Waals surface area (Å²) < 4.78 is 19.1. The number of carbonyl (C=O) groups is 1. The molecule has 3 aromatic carbocycles. The first kappa shape index (κ1) is 28.4. The molecule has 4 aromatic rings. The van der Waals surface area contributed by atoms with Crippen molar-refractivity contribution in [2.24, 2.45) is 10.9 Å². The Balaban J connectivity index is 1.40. The van der Waals surface area contributed by atoms with Gasteiger partial charge in [0.25, 0.3) is 0 Å². The molecule has 0 spiro atoms. The zero-order valence-corrected chi connectivity index (χ0v) is 24.0.